The number of aryl methyl sites for hydroxylation is 1. The minimum absolute atomic E-state index is 0.111. The molecule has 0 N–H and O–H groups in total. The number of carbonyl (C=O) groups excluding carboxylic acids is 2. The van der Waals surface area contributed by atoms with E-state index in [2.05, 4.69) is 9.88 Å². The number of hydrogen-bond acceptors (Lipinski definition) is 5. The molecule has 0 unspecified atom stereocenters. The summed E-state index contributed by atoms with van der Waals surface area (Å²) in [6.45, 7) is 3.45. The summed E-state index contributed by atoms with van der Waals surface area (Å²) in [5.74, 6) is 1.08. The van der Waals surface area contributed by atoms with E-state index in [9.17, 15) is 9.59 Å². The van der Waals surface area contributed by atoms with Crippen LogP contribution in [0.5, 0.6) is 0 Å². The lowest BCUT2D eigenvalue weighted by Gasteiger charge is -2.25. The highest BCUT2D eigenvalue weighted by Gasteiger charge is 2.36. The molecule has 1 aliphatic heterocycles. The van der Waals surface area contributed by atoms with Crippen LogP contribution in [0.15, 0.2) is 9.72 Å². The first kappa shape index (κ1) is 17.7. The number of hydrogen-bond donors (Lipinski definition) is 0. The van der Waals surface area contributed by atoms with Crippen LogP contribution in [-0.4, -0.2) is 58.5 Å². The summed E-state index contributed by atoms with van der Waals surface area (Å²) in [5.41, 5.74) is 1.000. The summed E-state index contributed by atoms with van der Waals surface area (Å²) >= 11 is 3.08. The molecule has 1 aliphatic carbocycles. The predicted octanol–water partition coefficient (Wildman–Crippen LogP) is 2.79. The van der Waals surface area contributed by atoms with E-state index in [-0.39, 0.29) is 17.7 Å². The van der Waals surface area contributed by atoms with E-state index in [0.717, 1.165) is 29.4 Å². The number of nitrogens with zero attached hydrogens (tertiary/aromatic N) is 3. The SMILES string of the molecule is Cc1csc(SCC(=O)N(C)C[C@H]2CC(=O)N(C3CCCC3)C2)n1. The van der Waals surface area contributed by atoms with Crippen LogP contribution in [0.25, 0.3) is 0 Å². The van der Waals surface area contributed by atoms with E-state index in [0.29, 0.717) is 24.8 Å². The van der Waals surface area contributed by atoms with Crippen molar-refractivity contribution >= 4 is 34.9 Å². The lowest BCUT2D eigenvalue weighted by molar-refractivity contribution is -0.130. The molecule has 24 heavy (non-hydrogen) atoms. The van der Waals surface area contributed by atoms with Gasteiger partial charge in [-0.3, -0.25) is 9.59 Å². The molecule has 2 fully saturated rings. The number of carbonyl (C=O) groups is 2. The molecule has 0 radical (unpaired) electrons. The van der Waals surface area contributed by atoms with Crippen LogP contribution in [0.1, 0.15) is 37.8 Å². The van der Waals surface area contributed by atoms with Gasteiger partial charge in [0.05, 0.1) is 5.75 Å². The van der Waals surface area contributed by atoms with Gasteiger partial charge >= 0.3 is 0 Å². The average molecular weight is 368 g/mol. The quantitative estimate of drug-likeness (QED) is 0.726. The average Bonchev–Trinajstić information content (AvgIpc) is 3.26. The van der Waals surface area contributed by atoms with Crippen molar-refractivity contribution in [2.75, 3.05) is 25.9 Å². The first-order valence-electron chi connectivity index (χ1n) is 8.61. The lowest BCUT2D eigenvalue weighted by Crippen LogP contribution is -2.37. The van der Waals surface area contributed by atoms with Gasteiger partial charge in [-0.2, -0.15) is 0 Å². The number of thioether (sulfide) groups is 1. The highest BCUT2D eigenvalue weighted by Crippen LogP contribution is 2.30. The van der Waals surface area contributed by atoms with Crippen molar-refractivity contribution in [1.82, 2.24) is 14.8 Å². The maximum Gasteiger partial charge on any atom is 0.232 e. The maximum absolute atomic E-state index is 12.3. The molecule has 2 amide bonds. The van der Waals surface area contributed by atoms with Gasteiger partial charge in [0, 0.05) is 49.6 Å². The zero-order valence-corrected chi connectivity index (χ0v) is 16.0. The smallest absolute Gasteiger partial charge is 0.232 e. The highest BCUT2D eigenvalue weighted by atomic mass is 32.2. The molecular weight excluding hydrogens is 342 g/mol. The fraction of sp³-hybridized carbons (Fsp3) is 0.706. The van der Waals surface area contributed by atoms with Crippen LogP contribution >= 0.6 is 23.1 Å². The summed E-state index contributed by atoms with van der Waals surface area (Å²) in [6, 6.07) is 0.451. The third kappa shape index (κ3) is 4.30. The normalized spacial score (nSPS) is 21.7. The fourth-order valence-corrected chi connectivity index (χ4v) is 5.41. The Labute approximate surface area is 151 Å². The van der Waals surface area contributed by atoms with E-state index < -0.39 is 0 Å². The largest absolute Gasteiger partial charge is 0.345 e. The number of rotatable bonds is 6. The standard InChI is InChI=1S/C17H25N3O2S2/c1-12-10-23-17(18-12)24-11-16(22)19(2)8-13-7-15(21)20(9-13)14-5-3-4-6-14/h10,13-14H,3-9,11H2,1-2H3/t13-/m1/s1. The van der Waals surface area contributed by atoms with Crippen molar-refractivity contribution in [2.45, 2.75) is 49.4 Å². The van der Waals surface area contributed by atoms with Gasteiger partial charge in [-0.05, 0) is 19.8 Å². The van der Waals surface area contributed by atoms with Gasteiger partial charge in [0.2, 0.25) is 11.8 Å². The summed E-state index contributed by atoms with van der Waals surface area (Å²) in [7, 11) is 1.85. The van der Waals surface area contributed by atoms with Crippen molar-refractivity contribution in [2.24, 2.45) is 5.92 Å². The molecule has 0 bridgehead atoms. The molecule has 1 aromatic heterocycles. The van der Waals surface area contributed by atoms with Crippen LogP contribution in [0.4, 0.5) is 0 Å². The highest BCUT2D eigenvalue weighted by molar-refractivity contribution is 8.01. The molecule has 132 valence electrons. The predicted molar refractivity (Wildman–Crippen MR) is 97.3 cm³/mol. The van der Waals surface area contributed by atoms with Crippen molar-refractivity contribution in [3.05, 3.63) is 11.1 Å². The van der Waals surface area contributed by atoms with E-state index in [4.69, 9.17) is 0 Å². The fourth-order valence-electron chi connectivity index (χ4n) is 3.62. The first-order chi connectivity index (χ1) is 11.5. The molecule has 1 atom stereocenters. The minimum atomic E-state index is 0.111. The Morgan fingerprint density at radius 2 is 2.21 bits per heavy atom. The second kappa shape index (κ2) is 7.87. The molecule has 3 rings (SSSR count). The summed E-state index contributed by atoms with van der Waals surface area (Å²) < 4.78 is 0.942. The van der Waals surface area contributed by atoms with Crippen molar-refractivity contribution in [3.8, 4) is 0 Å². The third-order valence-corrected chi connectivity index (χ3v) is 7.00. The number of likely N-dealkylation sites (tertiary alicyclic amines) is 1. The zero-order chi connectivity index (χ0) is 17.1. The molecule has 2 aliphatic rings. The summed E-state index contributed by atoms with van der Waals surface area (Å²) in [6.07, 6.45) is 5.37. The third-order valence-electron chi connectivity index (χ3n) is 4.88. The molecule has 0 spiro atoms. The zero-order valence-electron chi connectivity index (χ0n) is 14.4. The van der Waals surface area contributed by atoms with Crippen molar-refractivity contribution in [1.29, 1.82) is 0 Å². The molecule has 0 aromatic carbocycles. The number of thiazole rings is 1. The van der Waals surface area contributed by atoms with Gasteiger partial charge in [-0.1, -0.05) is 24.6 Å². The van der Waals surface area contributed by atoms with E-state index in [1.165, 1.54) is 24.6 Å². The van der Waals surface area contributed by atoms with Crippen LogP contribution in [0.3, 0.4) is 0 Å². The van der Waals surface area contributed by atoms with Gasteiger partial charge in [0.25, 0.3) is 0 Å². The van der Waals surface area contributed by atoms with Crippen LogP contribution in [-0.2, 0) is 9.59 Å². The molecular formula is C17H25N3O2S2. The monoisotopic (exact) mass is 367 g/mol. The van der Waals surface area contributed by atoms with Crippen LogP contribution < -0.4 is 0 Å². The van der Waals surface area contributed by atoms with Gasteiger partial charge < -0.3 is 9.80 Å². The Morgan fingerprint density at radius 3 is 2.88 bits per heavy atom. The first-order valence-corrected chi connectivity index (χ1v) is 10.5. The minimum Gasteiger partial charge on any atom is -0.345 e. The Kier molecular flexibility index (Phi) is 5.81. The topological polar surface area (TPSA) is 53.5 Å². The molecule has 1 saturated carbocycles. The number of aromatic nitrogens is 1. The van der Waals surface area contributed by atoms with Crippen LogP contribution in [0.2, 0.25) is 0 Å². The Morgan fingerprint density at radius 1 is 1.46 bits per heavy atom. The van der Waals surface area contributed by atoms with Crippen molar-refractivity contribution in [3.63, 3.8) is 0 Å². The Balaban J connectivity index is 1.45. The Bertz CT molecular complexity index is 598. The summed E-state index contributed by atoms with van der Waals surface area (Å²) in [5, 5.41) is 2.00. The maximum atomic E-state index is 12.3. The number of amides is 2. The lowest BCUT2D eigenvalue weighted by atomic mass is 10.1. The van der Waals surface area contributed by atoms with Gasteiger partial charge in [-0.25, -0.2) is 4.98 Å². The van der Waals surface area contributed by atoms with Gasteiger partial charge in [0.1, 0.15) is 0 Å². The van der Waals surface area contributed by atoms with E-state index in [1.54, 1.807) is 16.2 Å². The molecule has 5 nitrogen and oxygen atoms in total. The van der Waals surface area contributed by atoms with Gasteiger partial charge in [0.15, 0.2) is 4.34 Å². The molecule has 1 aromatic rings. The molecule has 2 heterocycles. The molecule has 1 saturated heterocycles. The van der Waals surface area contributed by atoms with Gasteiger partial charge in [-0.15, -0.1) is 11.3 Å². The second-order valence-electron chi connectivity index (χ2n) is 6.87. The van der Waals surface area contributed by atoms with Crippen LogP contribution in [0, 0.1) is 12.8 Å². The van der Waals surface area contributed by atoms with Crippen molar-refractivity contribution < 1.29 is 9.59 Å². The molecule has 7 heteroatoms. The van der Waals surface area contributed by atoms with E-state index in [1.807, 2.05) is 19.4 Å². The summed E-state index contributed by atoms with van der Waals surface area (Å²) in [4.78, 5) is 32.8. The Hall–Kier alpha value is -1.08. The second-order valence-corrected chi connectivity index (χ2v) is 8.95. The van der Waals surface area contributed by atoms with E-state index >= 15 is 0 Å².